The Morgan fingerprint density at radius 3 is 2.62 bits per heavy atom. The Bertz CT molecular complexity index is 1400. The fraction of sp³-hybridized carbons (Fsp3) is 0.115. The second-order valence-corrected chi connectivity index (χ2v) is 9.06. The van der Waals surface area contributed by atoms with Crippen LogP contribution in [0, 0.1) is 0 Å². The highest BCUT2D eigenvalue weighted by atomic mass is 35.5. The lowest BCUT2D eigenvalue weighted by atomic mass is 10.1. The summed E-state index contributed by atoms with van der Waals surface area (Å²) < 4.78 is 5.23. The van der Waals surface area contributed by atoms with Crippen LogP contribution in [-0.2, 0) is 10.5 Å². The number of benzene rings is 3. The van der Waals surface area contributed by atoms with Gasteiger partial charge in [-0.2, -0.15) is 0 Å². The zero-order valence-corrected chi connectivity index (χ0v) is 19.9. The Kier molecular flexibility index (Phi) is 6.38. The molecule has 1 unspecified atom stereocenters. The van der Waals surface area contributed by atoms with Crippen molar-refractivity contribution in [2.75, 3.05) is 7.11 Å². The van der Waals surface area contributed by atoms with Gasteiger partial charge in [0.15, 0.2) is 11.3 Å². The molecule has 2 aliphatic heterocycles. The molecule has 34 heavy (non-hydrogen) atoms. The highest BCUT2D eigenvalue weighted by Gasteiger charge is 2.32. The summed E-state index contributed by atoms with van der Waals surface area (Å²) in [5, 5.41) is 12.1. The normalized spacial score (nSPS) is 16.9. The van der Waals surface area contributed by atoms with E-state index in [4.69, 9.17) is 26.4 Å². The Morgan fingerprint density at radius 2 is 1.85 bits per heavy atom. The lowest BCUT2D eigenvalue weighted by Gasteiger charge is -2.32. The quantitative estimate of drug-likeness (QED) is 0.593. The molecule has 2 heterocycles. The molecule has 8 heteroatoms. The van der Waals surface area contributed by atoms with E-state index in [2.05, 4.69) is 5.32 Å². The third-order valence-electron chi connectivity index (χ3n) is 5.41. The SMILES string of the molecule is COc1ccc(/C=C/C2N=c3ccccc3=C3C(=O)NC(SCc4ccc(Cl)cc4)=NN32)cc1. The summed E-state index contributed by atoms with van der Waals surface area (Å²) in [4.78, 5) is 18.0. The molecule has 170 valence electrons. The number of hydrogen-bond acceptors (Lipinski definition) is 6. The van der Waals surface area contributed by atoms with Gasteiger partial charge < -0.3 is 4.74 Å². The molecule has 0 fully saturated rings. The van der Waals surface area contributed by atoms with Crippen molar-refractivity contribution in [2.24, 2.45) is 10.1 Å². The molecular formula is C26H21ClN4O2S. The summed E-state index contributed by atoms with van der Waals surface area (Å²) in [6.45, 7) is 0. The van der Waals surface area contributed by atoms with Crippen LogP contribution in [0.2, 0.25) is 5.02 Å². The first-order valence-corrected chi connectivity index (χ1v) is 12.0. The number of carbonyl (C=O) groups is 1. The number of carbonyl (C=O) groups excluding carboxylic acids is 1. The first-order valence-electron chi connectivity index (χ1n) is 10.7. The van der Waals surface area contributed by atoms with Crippen molar-refractivity contribution in [1.82, 2.24) is 10.3 Å². The number of fused-ring (bicyclic) bond motifs is 2. The van der Waals surface area contributed by atoms with E-state index < -0.39 is 6.17 Å². The number of methoxy groups -OCH3 is 1. The van der Waals surface area contributed by atoms with Crippen LogP contribution in [0.25, 0.3) is 11.8 Å². The maximum Gasteiger partial charge on any atom is 0.276 e. The number of nitrogens with zero attached hydrogens (tertiary/aromatic N) is 3. The van der Waals surface area contributed by atoms with Crippen LogP contribution in [0.4, 0.5) is 0 Å². The van der Waals surface area contributed by atoms with E-state index in [0.29, 0.717) is 21.6 Å². The Hall–Kier alpha value is -3.55. The minimum absolute atomic E-state index is 0.196. The Morgan fingerprint density at radius 1 is 1.09 bits per heavy atom. The smallest absolute Gasteiger partial charge is 0.276 e. The predicted octanol–water partition coefficient (Wildman–Crippen LogP) is 3.77. The van der Waals surface area contributed by atoms with Crippen molar-refractivity contribution in [3.63, 3.8) is 0 Å². The number of hydrazone groups is 1. The van der Waals surface area contributed by atoms with Crippen molar-refractivity contribution in [2.45, 2.75) is 11.9 Å². The molecule has 5 rings (SSSR count). The van der Waals surface area contributed by atoms with Gasteiger partial charge in [0.05, 0.1) is 12.5 Å². The monoisotopic (exact) mass is 488 g/mol. The number of amidine groups is 1. The first-order chi connectivity index (χ1) is 16.6. The molecule has 0 spiro atoms. The van der Waals surface area contributed by atoms with E-state index in [-0.39, 0.29) is 5.91 Å². The van der Waals surface area contributed by atoms with Gasteiger partial charge in [0, 0.05) is 16.0 Å². The molecule has 1 amide bonds. The average Bonchev–Trinajstić information content (AvgIpc) is 2.87. The summed E-state index contributed by atoms with van der Waals surface area (Å²) in [5.74, 6) is 1.25. The Balaban J connectivity index is 1.47. The highest BCUT2D eigenvalue weighted by molar-refractivity contribution is 8.13. The molecule has 3 aromatic carbocycles. The van der Waals surface area contributed by atoms with E-state index in [1.54, 1.807) is 12.1 Å². The van der Waals surface area contributed by atoms with E-state index in [9.17, 15) is 4.79 Å². The summed E-state index contributed by atoms with van der Waals surface area (Å²) >= 11 is 7.44. The maximum absolute atomic E-state index is 13.2. The van der Waals surface area contributed by atoms with Crippen LogP contribution in [0.1, 0.15) is 11.1 Å². The van der Waals surface area contributed by atoms with Gasteiger partial charge in [-0.25, -0.2) is 5.01 Å². The van der Waals surface area contributed by atoms with Gasteiger partial charge >= 0.3 is 0 Å². The van der Waals surface area contributed by atoms with Crippen LogP contribution in [-0.4, -0.2) is 29.4 Å². The number of para-hydroxylation sites is 1. The summed E-state index contributed by atoms with van der Waals surface area (Å²) in [6, 6.07) is 23.0. The van der Waals surface area contributed by atoms with Crippen molar-refractivity contribution in [3.8, 4) is 5.75 Å². The molecule has 0 saturated heterocycles. The molecule has 0 radical (unpaired) electrons. The number of amides is 1. The van der Waals surface area contributed by atoms with E-state index in [1.807, 2.05) is 84.9 Å². The first kappa shape index (κ1) is 22.3. The fourth-order valence-electron chi connectivity index (χ4n) is 3.69. The lowest BCUT2D eigenvalue weighted by molar-refractivity contribution is -0.116. The summed E-state index contributed by atoms with van der Waals surface area (Å²) in [6.07, 6.45) is 3.47. The third-order valence-corrected chi connectivity index (χ3v) is 6.60. The fourth-order valence-corrected chi connectivity index (χ4v) is 4.62. The third kappa shape index (κ3) is 4.71. The van der Waals surface area contributed by atoms with Gasteiger partial charge in [-0.05, 0) is 47.5 Å². The summed E-state index contributed by atoms with van der Waals surface area (Å²) in [5.41, 5.74) is 2.58. The zero-order chi connectivity index (χ0) is 23.5. The second-order valence-electron chi connectivity index (χ2n) is 7.66. The van der Waals surface area contributed by atoms with Gasteiger partial charge in [0.25, 0.3) is 5.91 Å². The molecule has 0 aromatic heterocycles. The van der Waals surface area contributed by atoms with Crippen molar-refractivity contribution in [3.05, 3.63) is 106 Å². The zero-order valence-electron chi connectivity index (χ0n) is 18.3. The molecule has 1 N–H and O–H groups in total. The van der Waals surface area contributed by atoms with Crippen LogP contribution in [0.3, 0.4) is 0 Å². The van der Waals surface area contributed by atoms with Gasteiger partial charge in [0.1, 0.15) is 11.4 Å². The second kappa shape index (κ2) is 9.75. The van der Waals surface area contributed by atoms with Crippen LogP contribution < -0.4 is 20.6 Å². The number of ether oxygens (including phenoxy) is 1. The number of halogens is 1. The molecule has 0 bridgehead atoms. The molecule has 3 aromatic rings. The lowest BCUT2D eigenvalue weighted by Crippen LogP contribution is -2.52. The predicted molar refractivity (Wildman–Crippen MR) is 137 cm³/mol. The molecule has 6 nitrogen and oxygen atoms in total. The standard InChI is InChI=1S/C26H21ClN4O2S/c1-33-20-13-8-17(9-14-20)10-15-23-28-22-5-3-2-4-21(22)24-25(32)29-26(30-31(23)24)34-16-18-6-11-19(27)12-7-18/h2-15,23H,16H2,1H3,(H,29,30,32)/b15-10+. The van der Waals surface area contributed by atoms with Crippen LogP contribution in [0.15, 0.2) is 89.0 Å². The maximum atomic E-state index is 13.2. The largest absolute Gasteiger partial charge is 0.497 e. The average molecular weight is 489 g/mol. The topological polar surface area (TPSA) is 66.3 Å². The van der Waals surface area contributed by atoms with Crippen molar-refractivity contribution in [1.29, 1.82) is 0 Å². The number of hydrogen-bond donors (Lipinski definition) is 1. The van der Waals surface area contributed by atoms with Crippen LogP contribution >= 0.6 is 23.4 Å². The van der Waals surface area contributed by atoms with Gasteiger partial charge in [-0.3, -0.25) is 15.1 Å². The van der Waals surface area contributed by atoms with Gasteiger partial charge in [0.2, 0.25) is 0 Å². The van der Waals surface area contributed by atoms with E-state index >= 15 is 0 Å². The molecule has 2 aliphatic rings. The minimum Gasteiger partial charge on any atom is -0.497 e. The molecule has 1 atom stereocenters. The van der Waals surface area contributed by atoms with Crippen molar-refractivity contribution >= 4 is 46.2 Å². The van der Waals surface area contributed by atoms with Crippen LogP contribution in [0.5, 0.6) is 5.75 Å². The Labute approximate surface area is 206 Å². The van der Waals surface area contributed by atoms with Gasteiger partial charge in [-0.1, -0.05) is 71.9 Å². The van der Waals surface area contributed by atoms with E-state index in [0.717, 1.165) is 27.5 Å². The number of nitrogens with one attached hydrogen (secondary N) is 1. The van der Waals surface area contributed by atoms with E-state index in [1.165, 1.54) is 11.8 Å². The number of rotatable bonds is 5. The minimum atomic E-state index is -0.454. The highest BCUT2D eigenvalue weighted by Crippen LogP contribution is 2.24. The summed E-state index contributed by atoms with van der Waals surface area (Å²) in [7, 11) is 1.64. The van der Waals surface area contributed by atoms with Crippen molar-refractivity contribution < 1.29 is 9.53 Å². The van der Waals surface area contributed by atoms with Gasteiger partial charge in [-0.15, -0.1) is 5.10 Å². The number of thioether (sulfide) groups is 1. The molecule has 0 saturated carbocycles. The molecule has 0 aliphatic carbocycles. The molecular weight excluding hydrogens is 468 g/mol.